The van der Waals surface area contributed by atoms with Crippen LogP contribution >= 0.6 is 31.9 Å². The Kier molecular flexibility index (Phi) is 4.76. The van der Waals surface area contributed by atoms with Crippen molar-refractivity contribution in [1.29, 1.82) is 0 Å². The van der Waals surface area contributed by atoms with Gasteiger partial charge < -0.3 is 4.74 Å². The van der Waals surface area contributed by atoms with Gasteiger partial charge >= 0.3 is 6.18 Å². The first-order valence-corrected chi connectivity index (χ1v) is 7.07. The summed E-state index contributed by atoms with van der Waals surface area (Å²) in [5, 5.41) is 0. The van der Waals surface area contributed by atoms with E-state index >= 15 is 0 Å². The number of ether oxygens (including phenoxy) is 1. The highest BCUT2D eigenvalue weighted by Gasteiger charge is 2.33. The summed E-state index contributed by atoms with van der Waals surface area (Å²) in [7, 11) is 0. The molecule has 0 atom stereocenters. The molecular weight excluding hydrogens is 446 g/mol. The second-order valence-corrected chi connectivity index (χ2v) is 5.69. The van der Waals surface area contributed by atoms with Crippen LogP contribution in [0.5, 0.6) is 11.5 Å². The van der Waals surface area contributed by atoms with Gasteiger partial charge in [-0.3, -0.25) is 0 Å². The molecule has 2 aromatic rings. The Bertz CT molecular complexity index is 706. The molecule has 0 aliphatic carbocycles. The van der Waals surface area contributed by atoms with Crippen LogP contribution in [-0.4, -0.2) is 0 Å². The van der Waals surface area contributed by atoms with Crippen LogP contribution < -0.4 is 4.74 Å². The fraction of sp³-hybridized carbons (Fsp3) is 0.0769. The zero-order valence-corrected chi connectivity index (χ0v) is 13.4. The van der Waals surface area contributed by atoms with Gasteiger partial charge in [-0.2, -0.15) is 13.2 Å². The van der Waals surface area contributed by atoms with Crippen LogP contribution in [0.1, 0.15) is 5.56 Å². The van der Waals surface area contributed by atoms with E-state index in [4.69, 9.17) is 4.74 Å². The van der Waals surface area contributed by atoms with E-state index in [1.54, 1.807) is 0 Å². The average Bonchev–Trinajstić information content (AvgIpc) is 2.40. The molecule has 118 valence electrons. The maximum absolute atomic E-state index is 13.7. The van der Waals surface area contributed by atoms with Gasteiger partial charge in [0.1, 0.15) is 5.82 Å². The third-order valence-electron chi connectivity index (χ3n) is 2.53. The lowest BCUT2D eigenvalue weighted by atomic mass is 10.2. The number of benzene rings is 2. The minimum Gasteiger partial charge on any atom is -0.449 e. The van der Waals surface area contributed by atoms with Gasteiger partial charge in [0.15, 0.2) is 23.1 Å². The van der Waals surface area contributed by atoms with E-state index in [0.717, 1.165) is 6.07 Å². The van der Waals surface area contributed by atoms with E-state index in [9.17, 15) is 26.3 Å². The van der Waals surface area contributed by atoms with Crippen LogP contribution in [0.4, 0.5) is 26.3 Å². The molecule has 2 aromatic carbocycles. The van der Waals surface area contributed by atoms with Crippen LogP contribution in [0.2, 0.25) is 0 Å². The molecule has 0 fully saturated rings. The second kappa shape index (κ2) is 6.11. The molecule has 2 rings (SSSR count). The van der Waals surface area contributed by atoms with Gasteiger partial charge in [-0.25, -0.2) is 13.2 Å². The minimum absolute atomic E-state index is 0.0967. The molecule has 0 N–H and O–H groups in total. The molecule has 0 saturated carbocycles. The average molecular weight is 450 g/mol. The maximum Gasteiger partial charge on any atom is 0.416 e. The SMILES string of the molecule is Fc1ccc(Br)c(Oc2c(F)cc(C(F)(F)F)cc2F)c1Br. The number of hydrogen-bond acceptors (Lipinski definition) is 1. The zero-order chi connectivity index (χ0) is 16.7. The fourth-order valence-electron chi connectivity index (χ4n) is 1.53. The maximum atomic E-state index is 13.7. The fourth-order valence-corrected chi connectivity index (χ4v) is 2.63. The standard InChI is InChI=1S/C13H4Br2F6O/c14-6-1-2-7(16)10(15)11(6)22-12-8(17)3-5(4-9(12)18)13(19,20)21/h1-4H. The summed E-state index contributed by atoms with van der Waals surface area (Å²) in [5.74, 6) is -5.27. The monoisotopic (exact) mass is 448 g/mol. The molecule has 0 unspecified atom stereocenters. The van der Waals surface area contributed by atoms with Crippen molar-refractivity contribution in [2.45, 2.75) is 6.18 Å². The lowest BCUT2D eigenvalue weighted by Gasteiger charge is -2.13. The van der Waals surface area contributed by atoms with Gasteiger partial charge in [0, 0.05) is 0 Å². The van der Waals surface area contributed by atoms with Gasteiger partial charge in [0.2, 0.25) is 0 Å². The Morgan fingerprint density at radius 3 is 1.86 bits per heavy atom. The normalized spacial score (nSPS) is 11.6. The first-order chi connectivity index (χ1) is 10.1. The lowest BCUT2D eigenvalue weighted by molar-refractivity contribution is -0.138. The first-order valence-electron chi connectivity index (χ1n) is 5.49. The Hall–Kier alpha value is -1.22. The highest BCUT2D eigenvalue weighted by Crippen LogP contribution is 2.41. The summed E-state index contributed by atoms with van der Waals surface area (Å²) in [6.45, 7) is 0. The molecule has 1 nitrogen and oxygen atoms in total. The second-order valence-electron chi connectivity index (χ2n) is 4.04. The molecule has 0 spiro atoms. The lowest BCUT2D eigenvalue weighted by Crippen LogP contribution is -2.07. The molecule has 0 bridgehead atoms. The van der Waals surface area contributed by atoms with Crippen molar-refractivity contribution in [2.75, 3.05) is 0 Å². The summed E-state index contributed by atoms with van der Waals surface area (Å²) in [6, 6.07) is 2.47. The molecule has 0 aromatic heterocycles. The topological polar surface area (TPSA) is 9.23 Å². The highest BCUT2D eigenvalue weighted by molar-refractivity contribution is 9.11. The van der Waals surface area contributed by atoms with Crippen molar-refractivity contribution >= 4 is 31.9 Å². The summed E-state index contributed by atoms with van der Waals surface area (Å²) in [4.78, 5) is 0. The van der Waals surface area contributed by atoms with Crippen molar-refractivity contribution in [3.05, 3.63) is 56.2 Å². The Labute approximate surface area is 137 Å². The molecule has 0 aliphatic rings. The number of halogens is 8. The summed E-state index contributed by atoms with van der Waals surface area (Å²) in [6.07, 6.45) is -4.90. The molecule has 0 radical (unpaired) electrons. The van der Waals surface area contributed by atoms with Crippen molar-refractivity contribution in [3.63, 3.8) is 0 Å². The number of alkyl halides is 3. The van der Waals surface area contributed by atoms with E-state index in [2.05, 4.69) is 31.9 Å². The third kappa shape index (κ3) is 3.40. The third-order valence-corrected chi connectivity index (χ3v) is 3.90. The predicted molar refractivity (Wildman–Crippen MR) is 73.2 cm³/mol. The smallest absolute Gasteiger partial charge is 0.416 e. The quantitative estimate of drug-likeness (QED) is 0.378. The van der Waals surface area contributed by atoms with E-state index in [-0.39, 0.29) is 26.8 Å². The molecular formula is C13H4Br2F6O. The van der Waals surface area contributed by atoms with Crippen molar-refractivity contribution in [1.82, 2.24) is 0 Å². The van der Waals surface area contributed by atoms with Crippen molar-refractivity contribution in [2.24, 2.45) is 0 Å². The highest BCUT2D eigenvalue weighted by atomic mass is 79.9. The molecule has 0 saturated heterocycles. The Balaban J connectivity index is 2.50. The van der Waals surface area contributed by atoms with E-state index in [1.165, 1.54) is 6.07 Å². The van der Waals surface area contributed by atoms with E-state index in [1.807, 2.05) is 0 Å². The molecule has 22 heavy (non-hydrogen) atoms. The minimum atomic E-state index is -4.90. The largest absolute Gasteiger partial charge is 0.449 e. The van der Waals surface area contributed by atoms with Crippen LogP contribution in [0.3, 0.4) is 0 Å². The molecule has 9 heteroatoms. The predicted octanol–water partition coefficient (Wildman–Crippen LogP) is 6.44. The Morgan fingerprint density at radius 1 is 0.818 bits per heavy atom. The van der Waals surface area contributed by atoms with E-state index < -0.39 is 34.9 Å². The number of hydrogen-bond donors (Lipinski definition) is 0. The summed E-state index contributed by atoms with van der Waals surface area (Å²) >= 11 is 5.82. The van der Waals surface area contributed by atoms with Gasteiger partial charge in [-0.05, 0) is 56.1 Å². The van der Waals surface area contributed by atoms with Gasteiger partial charge in [0.25, 0.3) is 0 Å². The van der Waals surface area contributed by atoms with Gasteiger partial charge in [0.05, 0.1) is 14.5 Å². The molecule has 0 heterocycles. The van der Waals surface area contributed by atoms with Crippen molar-refractivity contribution < 1.29 is 31.1 Å². The van der Waals surface area contributed by atoms with Gasteiger partial charge in [-0.1, -0.05) is 0 Å². The van der Waals surface area contributed by atoms with Crippen LogP contribution in [0.15, 0.2) is 33.2 Å². The summed E-state index contributed by atoms with van der Waals surface area (Å²) < 4.78 is 83.0. The number of rotatable bonds is 2. The summed E-state index contributed by atoms with van der Waals surface area (Å²) in [5.41, 5.74) is -1.49. The van der Waals surface area contributed by atoms with Crippen molar-refractivity contribution in [3.8, 4) is 11.5 Å². The first kappa shape index (κ1) is 17.1. The van der Waals surface area contributed by atoms with Crippen LogP contribution in [0, 0.1) is 17.5 Å². The molecule has 0 amide bonds. The van der Waals surface area contributed by atoms with Crippen LogP contribution in [0.25, 0.3) is 0 Å². The van der Waals surface area contributed by atoms with Crippen LogP contribution in [-0.2, 0) is 6.18 Å². The van der Waals surface area contributed by atoms with Gasteiger partial charge in [-0.15, -0.1) is 0 Å². The molecule has 0 aliphatic heterocycles. The zero-order valence-electron chi connectivity index (χ0n) is 10.2. The Morgan fingerprint density at radius 2 is 1.36 bits per heavy atom. The van der Waals surface area contributed by atoms with E-state index in [0.29, 0.717) is 0 Å².